The summed E-state index contributed by atoms with van der Waals surface area (Å²) in [6.07, 6.45) is 2.72. The Kier molecular flexibility index (Phi) is 5.01. The quantitative estimate of drug-likeness (QED) is 0.900. The van der Waals surface area contributed by atoms with E-state index in [9.17, 15) is 9.90 Å². The van der Waals surface area contributed by atoms with Crippen molar-refractivity contribution in [1.29, 1.82) is 0 Å². The van der Waals surface area contributed by atoms with Gasteiger partial charge in [-0.25, -0.2) is 4.98 Å². The summed E-state index contributed by atoms with van der Waals surface area (Å²) in [6.45, 7) is 2.71. The van der Waals surface area contributed by atoms with Gasteiger partial charge >= 0.3 is 0 Å². The third-order valence-electron chi connectivity index (χ3n) is 4.74. The van der Waals surface area contributed by atoms with Crippen LogP contribution in [0.25, 0.3) is 0 Å². The number of carbonyl (C=O) groups is 1. The highest BCUT2D eigenvalue weighted by molar-refractivity contribution is 7.09. The van der Waals surface area contributed by atoms with Crippen molar-refractivity contribution >= 4 is 17.2 Å². The Labute approximate surface area is 141 Å². The lowest BCUT2D eigenvalue weighted by atomic mass is 9.82. The van der Waals surface area contributed by atoms with E-state index in [0.717, 1.165) is 24.4 Å². The number of aromatic nitrogens is 1. The maximum absolute atomic E-state index is 12.6. The molecule has 23 heavy (non-hydrogen) atoms. The van der Waals surface area contributed by atoms with E-state index in [2.05, 4.69) is 4.98 Å². The van der Waals surface area contributed by atoms with Crippen LogP contribution in [0, 0.1) is 0 Å². The second kappa shape index (κ2) is 6.84. The third kappa shape index (κ3) is 3.57. The number of thiazole rings is 1. The molecule has 3 heterocycles. The zero-order valence-corrected chi connectivity index (χ0v) is 14.6. The largest absolute Gasteiger partial charge is 0.390 e. The molecule has 0 aromatic carbocycles. The van der Waals surface area contributed by atoms with Crippen molar-refractivity contribution in [2.75, 3.05) is 33.8 Å². The number of rotatable bonds is 3. The highest BCUT2D eigenvalue weighted by Gasteiger charge is 2.44. The average molecular weight is 339 g/mol. The Hall–Kier alpha value is -1.02. The molecule has 2 aliphatic heterocycles. The van der Waals surface area contributed by atoms with E-state index in [1.54, 1.807) is 0 Å². The fraction of sp³-hybridized carbons (Fsp3) is 0.750. The molecule has 3 rings (SSSR count). The van der Waals surface area contributed by atoms with Gasteiger partial charge in [-0.15, -0.1) is 11.3 Å². The number of aliphatic hydroxyl groups is 1. The molecule has 1 amide bonds. The lowest BCUT2D eigenvalue weighted by Gasteiger charge is -2.46. The third-order valence-corrected chi connectivity index (χ3v) is 5.57. The Morgan fingerprint density at radius 1 is 1.52 bits per heavy atom. The smallest absolute Gasteiger partial charge is 0.273 e. The van der Waals surface area contributed by atoms with Crippen LogP contribution in [0.4, 0.5) is 0 Å². The fourth-order valence-corrected chi connectivity index (χ4v) is 4.28. The van der Waals surface area contributed by atoms with Crippen LogP contribution in [0.5, 0.6) is 0 Å². The number of nitrogens with zero attached hydrogens (tertiary/aromatic N) is 3. The van der Waals surface area contributed by atoms with Gasteiger partial charge in [0.2, 0.25) is 0 Å². The molecule has 6 nitrogen and oxygen atoms in total. The van der Waals surface area contributed by atoms with E-state index in [-0.39, 0.29) is 5.91 Å². The summed E-state index contributed by atoms with van der Waals surface area (Å²) in [5.74, 6) is -0.00796. The highest BCUT2D eigenvalue weighted by atomic mass is 32.1. The summed E-state index contributed by atoms with van der Waals surface area (Å²) in [6, 6.07) is 0. The van der Waals surface area contributed by atoms with Crippen LogP contribution in [-0.4, -0.2) is 71.3 Å². The number of aliphatic hydroxyl groups excluding tert-OH is 1. The molecule has 128 valence electrons. The Morgan fingerprint density at radius 3 is 2.91 bits per heavy atom. The molecule has 0 radical (unpaired) electrons. The van der Waals surface area contributed by atoms with Gasteiger partial charge in [-0.3, -0.25) is 4.79 Å². The van der Waals surface area contributed by atoms with Gasteiger partial charge < -0.3 is 19.6 Å². The Bertz CT molecular complexity index is 553. The highest BCUT2D eigenvalue weighted by Crippen LogP contribution is 2.35. The molecule has 2 fully saturated rings. The van der Waals surface area contributed by atoms with Gasteiger partial charge in [-0.2, -0.15) is 0 Å². The molecule has 0 bridgehead atoms. The van der Waals surface area contributed by atoms with E-state index < -0.39 is 11.7 Å². The van der Waals surface area contributed by atoms with Gasteiger partial charge in [0.05, 0.1) is 11.7 Å². The van der Waals surface area contributed by atoms with Crippen molar-refractivity contribution in [3.05, 3.63) is 16.1 Å². The van der Waals surface area contributed by atoms with Crippen molar-refractivity contribution in [3.63, 3.8) is 0 Å². The summed E-state index contributed by atoms with van der Waals surface area (Å²) < 4.78 is 5.89. The maximum Gasteiger partial charge on any atom is 0.273 e. The van der Waals surface area contributed by atoms with Crippen molar-refractivity contribution in [3.8, 4) is 0 Å². The molecule has 7 heteroatoms. The number of ether oxygens (including phenoxy) is 1. The number of piperidine rings is 1. The predicted octanol–water partition coefficient (Wildman–Crippen LogP) is 1.35. The van der Waals surface area contributed by atoms with Crippen LogP contribution in [0.3, 0.4) is 0 Å². The Morgan fingerprint density at radius 2 is 2.26 bits per heavy atom. The number of likely N-dealkylation sites (tertiary alicyclic amines) is 1. The van der Waals surface area contributed by atoms with Crippen LogP contribution in [-0.2, 0) is 11.3 Å². The molecule has 1 atom stereocenters. The van der Waals surface area contributed by atoms with E-state index in [1.165, 1.54) is 11.3 Å². The van der Waals surface area contributed by atoms with Crippen LogP contribution < -0.4 is 0 Å². The van der Waals surface area contributed by atoms with Gasteiger partial charge in [0.15, 0.2) is 0 Å². The van der Waals surface area contributed by atoms with Gasteiger partial charge in [-0.05, 0) is 39.8 Å². The molecular weight excluding hydrogens is 314 g/mol. The lowest BCUT2D eigenvalue weighted by Crippen LogP contribution is -2.56. The average Bonchev–Trinajstić information content (AvgIpc) is 2.98. The molecule has 0 aliphatic carbocycles. The maximum atomic E-state index is 12.6. The molecular formula is C16H25N3O3S. The second-order valence-corrected chi connectivity index (χ2v) is 7.67. The number of hydrogen-bond acceptors (Lipinski definition) is 6. The van der Waals surface area contributed by atoms with E-state index >= 15 is 0 Å². The molecule has 0 unspecified atom stereocenters. The van der Waals surface area contributed by atoms with Crippen LogP contribution in [0.1, 0.15) is 41.2 Å². The summed E-state index contributed by atoms with van der Waals surface area (Å²) in [5.41, 5.74) is 0.0978. The molecule has 1 aromatic rings. The van der Waals surface area contributed by atoms with Gasteiger partial charge in [0.1, 0.15) is 10.7 Å². The molecule has 1 N–H and O–H groups in total. The summed E-state index contributed by atoms with van der Waals surface area (Å²) >= 11 is 1.53. The first kappa shape index (κ1) is 16.8. The van der Waals surface area contributed by atoms with Crippen molar-refractivity contribution < 1.29 is 14.6 Å². The van der Waals surface area contributed by atoms with E-state index in [1.807, 2.05) is 29.3 Å². The molecule has 2 saturated heterocycles. The van der Waals surface area contributed by atoms with E-state index in [0.29, 0.717) is 38.2 Å². The zero-order chi connectivity index (χ0) is 16.4. The molecule has 1 aromatic heterocycles. The molecule has 0 saturated carbocycles. The minimum atomic E-state index is -0.437. The number of amides is 1. The summed E-state index contributed by atoms with van der Waals surface area (Å²) in [5, 5.41) is 13.1. The van der Waals surface area contributed by atoms with Crippen LogP contribution in [0.2, 0.25) is 0 Å². The SMILES string of the molecule is CN(C)Cc1nc(C(=O)N2CCC3(CC2)OCCC[C@H]3O)cs1. The first-order chi connectivity index (χ1) is 11.0. The van der Waals surface area contributed by atoms with Gasteiger partial charge in [0.25, 0.3) is 5.91 Å². The van der Waals surface area contributed by atoms with E-state index in [4.69, 9.17) is 4.74 Å². The topological polar surface area (TPSA) is 65.9 Å². The summed E-state index contributed by atoms with van der Waals surface area (Å²) in [4.78, 5) is 20.9. The first-order valence-electron chi connectivity index (χ1n) is 8.21. The fourth-order valence-electron chi connectivity index (χ4n) is 3.39. The number of carbonyl (C=O) groups excluding carboxylic acids is 1. The summed E-state index contributed by atoms with van der Waals surface area (Å²) in [7, 11) is 3.98. The monoisotopic (exact) mass is 339 g/mol. The normalized spacial score (nSPS) is 24.3. The first-order valence-corrected chi connectivity index (χ1v) is 9.08. The minimum Gasteiger partial charge on any atom is -0.390 e. The lowest BCUT2D eigenvalue weighted by molar-refractivity contribution is -0.174. The Balaban J connectivity index is 1.61. The van der Waals surface area contributed by atoms with Crippen molar-refractivity contribution in [1.82, 2.24) is 14.8 Å². The van der Waals surface area contributed by atoms with Crippen LogP contribution >= 0.6 is 11.3 Å². The number of hydrogen-bond donors (Lipinski definition) is 1. The van der Waals surface area contributed by atoms with Gasteiger partial charge in [0, 0.05) is 31.6 Å². The molecule has 2 aliphatic rings. The van der Waals surface area contributed by atoms with Crippen molar-refractivity contribution in [2.24, 2.45) is 0 Å². The molecule has 1 spiro atoms. The minimum absolute atomic E-state index is 0.00796. The predicted molar refractivity (Wildman–Crippen MR) is 88.6 cm³/mol. The van der Waals surface area contributed by atoms with Gasteiger partial charge in [-0.1, -0.05) is 0 Å². The second-order valence-electron chi connectivity index (χ2n) is 6.73. The zero-order valence-electron chi connectivity index (χ0n) is 13.8. The van der Waals surface area contributed by atoms with Crippen molar-refractivity contribution in [2.45, 2.75) is 43.9 Å². The van der Waals surface area contributed by atoms with Crippen LogP contribution in [0.15, 0.2) is 5.38 Å². The standard InChI is InChI=1S/C16H25N3O3S/c1-18(2)10-14-17-12(11-23-14)15(21)19-7-5-16(6-8-19)13(20)4-3-9-22-16/h11,13,20H,3-10H2,1-2H3/t13-/m1/s1.